The van der Waals surface area contributed by atoms with E-state index in [9.17, 15) is 14.4 Å². The van der Waals surface area contributed by atoms with Crippen LogP contribution in [0.25, 0.3) is 0 Å². The maximum absolute atomic E-state index is 13.0. The molecule has 1 aliphatic rings. The summed E-state index contributed by atoms with van der Waals surface area (Å²) in [5.41, 5.74) is 0.763. The minimum absolute atomic E-state index is 0.229. The van der Waals surface area contributed by atoms with E-state index in [2.05, 4.69) is 0 Å². The van der Waals surface area contributed by atoms with Crippen LogP contribution in [-0.2, 0) is 18.9 Å². The van der Waals surface area contributed by atoms with Crippen LogP contribution in [0.3, 0.4) is 0 Å². The van der Waals surface area contributed by atoms with Crippen molar-refractivity contribution in [3.8, 4) is 0 Å². The van der Waals surface area contributed by atoms with Crippen molar-refractivity contribution in [3.63, 3.8) is 0 Å². The summed E-state index contributed by atoms with van der Waals surface area (Å²) in [7, 11) is 0. The average molecular weight is 460 g/mol. The molecule has 174 valence electrons. The van der Waals surface area contributed by atoms with Gasteiger partial charge >= 0.3 is 23.9 Å². The Labute approximate surface area is 197 Å². The van der Waals surface area contributed by atoms with Gasteiger partial charge in [-0.25, -0.2) is 14.4 Å². The van der Waals surface area contributed by atoms with Crippen molar-refractivity contribution in [2.24, 2.45) is 0 Å². The molecule has 2 unspecified atom stereocenters. The van der Waals surface area contributed by atoms with E-state index in [1.165, 1.54) is 0 Å². The molecule has 1 heterocycles. The zero-order chi connectivity index (χ0) is 24.0. The fourth-order valence-electron chi connectivity index (χ4n) is 3.61. The standard InChI is InChI=1S/C27H24O7/c1-19-17-18-23(31-24(28)20-11-5-2-6-12-20)27(32-19,33-25(29)21-13-7-3-8-14-21)34-26(30)22-15-9-4-10-16-22/h2-16,19,23H,17-18H2,1H3. The number of rotatable bonds is 6. The summed E-state index contributed by atoms with van der Waals surface area (Å²) in [6, 6.07) is 24.8. The van der Waals surface area contributed by atoms with E-state index in [4.69, 9.17) is 18.9 Å². The van der Waals surface area contributed by atoms with Crippen molar-refractivity contribution in [1.82, 2.24) is 0 Å². The van der Waals surface area contributed by atoms with Crippen molar-refractivity contribution in [1.29, 1.82) is 0 Å². The highest BCUT2D eigenvalue weighted by Gasteiger charge is 2.55. The molecule has 3 aromatic carbocycles. The normalized spacial score (nSPS) is 19.0. The Bertz CT molecular complexity index is 1080. The van der Waals surface area contributed by atoms with E-state index in [1.807, 2.05) is 0 Å². The zero-order valence-corrected chi connectivity index (χ0v) is 18.6. The molecule has 0 radical (unpaired) electrons. The molecule has 7 nitrogen and oxygen atoms in total. The molecule has 0 saturated carbocycles. The lowest BCUT2D eigenvalue weighted by Gasteiger charge is -2.42. The summed E-state index contributed by atoms with van der Waals surface area (Å²) in [4.78, 5) is 38.9. The van der Waals surface area contributed by atoms with Gasteiger partial charge in [-0.2, -0.15) is 0 Å². The molecule has 1 saturated heterocycles. The predicted molar refractivity (Wildman–Crippen MR) is 122 cm³/mol. The van der Waals surface area contributed by atoms with Gasteiger partial charge in [-0.1, -0.05) is 54.6 Å². The quantitative estimate of drug-likeness (QED) is 0.386. The van der Waals surface area contributed by atoms with Gasteiger partial charge in [0, 0.05) is 0 Å². The molecule has 0 amide bonds. The Hall–Kier alpha value is -3.97. The van der Waals surface area contributed by atoms with Crippen LogP contribution >= 0.6 is 0 Å². The third-order valence-electron chi connectivity index (χ3n) is 5.34. The molecule has 0 bridgehead atoms. The highest BCUT2D eigenvalue weighted by molar-refractivity contribution is 5.92. The number of benzene rings is 3. The zero-order valence-electron chi connectivity index (χ0n) is 18.6. The summed E-state index contributed by atoms with van der Waals surface area (Å²) in [6.07, 6.45) is -0.861. The molecule has 0 N–H and O–H groups in total. The van der Waals surface area contributed by atoms with Gasteiger partial charge in [0.1, 0.15) is 0 Å². The second kappa shape index (κ2) is 10.3. The predicted octanol–water partition coefficient (Wildman–Crippen LogP) is 4.78. The van der Waals surface area contributed by atoms with Gasteiger partial charge in [-0.15, -0.1) is 0 Å². The number of hydrogen-bond acceptors (Lipinski definition) is 7. The highest BCUT2D eigenvalue weighted by Crippen LogP contribution is 2.36. The van der Waals surface area contributed by atoms with Gasteiger partial charge < -0.3 is 18.9 Å². The van der Waals surface area contributed by atoms with Gasteiger partial charge in [0.15, 0.2) is 0 Å². The van der Waals surface area contributed by atoms with Crippen LogP contribution in [-0.4, -0.2) is 36.1 Å². The maximum Gasteiger partial charge on any atom is 0.416 e. The molecule has 4 rings (SSSR count). The highest BCUT2D eigenvalue weighted by atomic mass is 16.9. The van der Waals surface area contributed by atoms with Crippen LogP contribution < -0.4 is 0 Å². The third-order valence-corrected chi connectivity index (χ3v) is 5.34. The summed E-state index contributed by atoms with van der Waals surface area (Å²) in [5, 5.41) is 0. The van der Waals surface area contributed by atoms with Crippen molar-refractivity contribution in [2.75, 3.05) is 0 Å². The Balaban J connectivity index is 1.68. The van der Waals surface area contributed by atoms with Gasteiger partial charge in [0.05, 0.1) is 22.8 Å². The number of carbonyl (C=O) groups is 3. The monoisotopic (exact) mass is 460 g/mol. The van der Waals surface area contributed by atoms with Gasteiger partial charge in [0.2, 0.25) is 6.10 Å². The number of hydrogen-bond donors (Lipinski definition) is 0. The first-order valence-electron chi connectivity index (χ1n) is 11.0. The lowest BCUT2D eigenvalue weighted by atomic mass is 10.0. The van der Waals surface area contributed by atoms with Crippen molar-refractivity contribution in [3.05, 3.63) is 108 Å². The molecule has 3 aromatic rings. The summed E-state index contributed by atoms with van der Waals surface area (Å²) < 4.78 is 23.0. The summed E-state index contributed by atoms with van der Waals surface area (Å²) >= 11 is 0. The van der Waals surface area contributed by atoms with Crippen molar-refractivity contribution in [2.45, 2.75) is 37.9 Å². The van der Waals surface area contributed by atoms with E-state index < -0.39 is 36.1 Å². The smallest absolute Gasteiger partial charge is 0.416 e. The van der Waals surface area contributed by atoms with Crippen LogP contribution in [0.2, 0.25) is 0 Å². The molecule has 1 fully saturated rings. The van der Waals surface area contributed by atoms with Crippen LogP contribution in [0.4, 0.5) is 0 Å². The van der Waals surface area contributed by atoms with Crippen LogP contribution in [0.1, 0.15) is 50.8 Å². The van der Waals surface area contributed by atoms with Crippen LogP contribution in [0.5, 0.6) is 0 Å². The number of esters is 3. The first-order valence-corrected chi connectivity index (χ1v) is 11.0. The second-order valence-corrected chi connectivity index (χ2v) is 7.88. The molecule has 0 aromatic heterocycles. The first-order chi connectivity index (χ1) is 16.5. The summed E-state index contributed by atoms with van der Waals surface area (Å²) in [5.74, 6) is -4.48. The Morgan fingerprint density at radius 1 is 0.676 bits per heavy atom. The second-order valence-electron chi connectivity index (χ2n) is 7.88. The van der Waals surface area contributed by atoms with Crippen LogP contribution in [0, 0.1) is 0 Å². The molecule has 0 aliphatic carbocycles. The third kappa shape index (κ3) is 5.32. The lowest BCUT2D eigenvalue weighted by molar-refractivity contribution is -0.392. The van der Waals surface area contributed by atoms with Crippen LogP contribution in [0.15, 0.2) is 91.0 Å². The van der Waals surface area contributed by atoms with Gasteiger partial charge in [-0.05, 0) is 56.2 Å². The average Bonchev–Trinajstić information content (AvgIpc) is 2.87. The molecule has 2 atom stereocenters. The van der Waals surface area contributed by atoms with E-state index in [0.29, 0.717) is 12.0 Å². The minimum Gasteiger partial charge on any atom is -0.447 e. The van der Waals surface area contributed by atoms with Gasteiger partial charge in [-0.3, -0.25) is 0 Å². The lowest BCUT2D eigenvalue weighted by Crippen LogP contribution is -2.58. The molecule has 7 heteroatoms. The number of ether oxygens (including phenoxy) is 4. The molecular formula is C27H24O7. The fourth-order valence-corrected chi connectivity index (χ4v) is 3.61. The maximum atomic E-state index is 13.0. The van der Waals surface area contributed by atoms with Gasteiger partial charge in [0.25, 0.3) is 0 Å². The SMILES string of the molecule is CC1CCC(OC(=O)c2ccccc2)C(OC(=O)c2ccccc2)(OC(=O)c2ccccc2)O1. The fraction of sp³-hybridized carbons (Fsp3) is 0.222. The topological polar surface area (TPSA) is 88.1 Å². The number of carbonyl (C=O) groups excluding carboxylic acids is 3. The minimum atomic E-state index is -2.26. The Morgan fingerprint density at radius 2 is 1.09 bits per heavy atom. The molecule has 34 heavy (non-hydrogen) atoms. The summed E-state index contributed by atoms with van der Waals surface area (Å²) in [6.45, 7) is 1.76. The largest absolute Gasteiger partial charge is 0.447 e. The van der Waals surface area contributed by atoms with E-state index in [0.717, 1.165) is 0 Å². The van der Waals surface area contributed by atoms with Crippen molar-refractivity contribution >= 4 is 17.9 Å². The Kier molecular flexibility index (Phi) is 7.04. The molecule has 0 spiro atoms. The van der Waals surface area contributed by atoms with E-state index in [-0.39, 0.29) is 17.5 Å². The van der Waals surface area contributed by atoms with E-state index in [1.54, 1.807) is 97.9 Å². The molecular weight excluding hydrogens is 436 g/mol. The Morgan fingerprint density at radius 3 is 1.53 bits per heavy atom. The van der Waals surface area contributed by atoms with E-state index >= 15 is 0 Å². The van der Waals surface area contributed by atoms with Crippen molar-refractivity contribution < 1.29 is 33.3 Å². The first kappa shape index (κ1) is 23.2. The molecule has 1 aliphatic heterocycles.